The van der Waals surface area contributed by atoms with E-state index < -0.39 is 0 Å². The number of allylic oxidation sites excluding steroid dienone is 10. The Labute approximate surface area is 155 Å². The van der Waals surface area contributed by atoms with Gasteiger partial charge in [-0.3, -0.25) is 0 Å². The van der Waals surface area contributed by atoms with Crippen LogP contribution in [0.3, 0.4) is 0 Å². The molecular weight excluding hydrogens is 308 g/mol. The van der Waals surface area contributed by atoms with Crippen LogP contribution in [-0.4, -0.2) is 12.2 Å². The first-order valence-corrected chi connectivity index (χ1v) is 9.56. The molecule has 0 aromatic rings. The van der Waals surface area contributed by atoms with E-state index >= 15 is 0 Å². The Hall–Kier alpha value is -1.96. The molecule has 0 rings (SSSR count). The monoisotopic (exact) mass is 344 g/mol. The number of methoxy groups -OCH3 is 1. The van der Waals surface area contributed by atoms with E-state index in [9.17, 15) is 0 Å². The molecule has 0 saturated heterocycles. The first-order valence-electron chi connectivity index (χ1n) is 9.56. The molecule has 0 unspecified atom stereocenters. The molecule has 0 aromatic heterocycles. The van der Waals surface area contributed by atoms with Gasteiger partial charge in [-0.25, -0.2) is 0 Å². The van der Waals surface area contributed by atoms with Crippen molar-refractivity contribution in [2.45, 2.75) is 64.7 Å². The van der Waals surface area contributed by atoms with Crippen LogP contribution < -0.4 is 0 Å². The zero-order valence-corrected chi connectivity index (χ0v) is 16.1. The van der Waals surface area contributed by atoms with E-state index in [1.165, 1.54) is 64.9 Å². The van der Waals surface area contributed by atoms with Crippen molar-refractivity contribution in [3.8, 4) is 0 Å². The van der Waals surface area contributed by atoms with Crippen LogP contribution in [0.5, 0.6) is 0 Å². The molecule has 0 aliphatic heterocycles. The molecule has 0 aliphatic carbocycles. The highest BCUT2D eigenvalue weighted by Crippen LogP contribution is 2.09. The zero-order valence-electron chi connectivity index (χ0n) is 16.1. The fourth-order valence-electron chi connectivity index (χ4n) is 2.27. The van der Waals surface area contributed by atoms with Crippen molar-refractivity contribution >= 4 is 0 Å². The number of unbranched alkanes of at least 4 members (excludes halogenated alkanes) is 8. The van der Waals surface area contributed by atoms with Crippen molar-refractivity contribution in [3.05, 3.63) is 72.8 Å². The molecule has 2 nitrogen and oxygen atoms in total. The van der Waals surface area contributed by atoms with Gasteiger partial charge >= 0.3 is 0 Å². The second kappa shape index (κ2) is 20.1. The standard InChI is InChI=1S/C23H36O2/c1-3-4-5-6-7-8-9-10-11-12-13-14-15-16-17-18-19-20-21-23(22-24)25-2/h12-22,24H,3-11H2,1-2H3. The third-order valence-corrected chi connectivity index (χ3v) is 3.76. The minimum Gasteiger partial charge on any atom is -0.512 e. The van der Waals surface area contributed by atoms with Crippen molar-refractivity contribution in [1.82, 2.24) is 0 Å². The van der Waals surface area contributed by atoms with E-state index in [0.29, 0.717) is 5.76 Å². The Morgan fingerprint density at radius 2 is 1.24 bits per heavy atom. The summed E-state index contributed by atoms with van der Waals surface area (Å²) in [5.74, 6) is 0.426. The number of hydrogen-bond donors (Lipinski definition) is 1. The van der Waals surface area contributed by atoms with Crippen molar-refractivity contribution in [2.24, 2.45) is 0 Å². The van der Waals surface area contributed by atoms with Gasteiger partial charge in [0.15, 0.2) is 5.76 Å². The highest BCUT2D eigenvalue weighted by Gasteiger charge is 1.89. The van der Waals surface area contributed by atoms with Crippen LogP contribution in [0.2, 0.25) is 0 Å². The number of aliphatic hydroxyl groups is 1. The highest BCUT2D eigenvalue weighted by molar-refractivity contribution is 5.20. The average Bonchev–Trinajstić information content (AvgIpc) is 2.64. The molecule has 0 heterocycles. The van der Waals surface area contributed by atoms with Gasteiger partial charge in [-0.1, -0.05) is 107 Å². The Kier molecular flexibility index (Phi) is 18.5. The van der Waals surface area contributed by atoms with Crippen LogP contribution in [0.4, 0.5) is 0 Å². The second-order valence-electron chi connectivity index (χ2n) is 5.94. The molecule has 2 heteroatoms. The molecule has 25 heavy (non-hydrogen) atoms. The van der Waals surface area contributed by atoms with Gasteiger partial charge in [-0.15, -0.1) is 0 Å². The molecule has 0 amide bonds. The Balaban J connectivity index is 3.59. The van der Waals surface area contributed by atoms with Crippen LogP contribution in [0.15, 0.2) is 72.8 Å². The topological polar surface area (TPSA) is 29.5 Å². The van der Waals surface area contributed by atoms with Gasteiger partial charge in [0.05, 0.1) is 7.11 Å². The SMILES string of the molecule is CCCCCCCCCCC=CC=CC=CC=CC=CC(=CO)OC. The molecule has 0 saturated carbocycles. The lowest BCUT2D eigenvalue weighted by Gasteiger charge is -1.99. The molecular formula is C23H36O2. The summed E-state index contributed by atoms with van der Waals surface area (Å²) >= 11 is 0. The zero-order chi connectivity index (χ0) is 18.4. The highest BCUT2D eigenvalue weighted by atomic mass is 16.5. The molecule has 0 radical (unpaired) electrons. The first kappa shape index (κ1) is 23.0. The van der Waals surface area contributed by atoms with Crippen molar-refractivity contribution in [3.63, 3.8) is 0 Å². The third kappa shape index (κ3) is 18.2. The van der Waals surface area contributed by atoms with Crippen LogP contribution >= 0.6 is 0 Å². The molecule has 0 atom stereocenters. The molecule has 140 valence electrons. The second-order valence-corrected chi connectivity index (χ2v) is 5.94. The first-order chi connectivity index (χ1) is 12.3. The molecule has 0 bridgehead atoms. The Morgan fingerprint density at radius 3 is 1.80 bits per heavy atom. The van der Waals surface area contributed by atoms with Gasteiger partial charge in [-0.05, 0) is 18.9 Å². The molecule has 0 fully saturated rings. The quantitative estimate of drug-likeness (QED) is 0.191. The number of rotatable bonds is 15. The lowest BCUT2D eigenvalue weighted by Crippen LogP contribution is -1.79. The maximum absolute atomic E-state index is 8.78. The fraction of sp³-hybridized carbons (Fsp3) is 0.478. The summed E-state index contributed by atoms with van der Waals surface area (Å²) in [6.07, 6.45) is 32.8. The Bertz CT molecular complexity index is 451. The average molecular weight is 345 g/mol. The number of aliphatic hydroxyl groups excluding tert-OH is 1. The van der Waals surface area contributed by atoms with E-state index in [4.69, 9.17) is 9.84 Å². The van der Waals surface area contributed by atoms with Crippen molar-refractivity contribution < 1.29 is 9.84 Å². The van der Waals surface area contributed by atoms with Crippen molar-refractivity contribution in [2.75, 3.05) is 7.11 Å². The molecule has 0 aliphatic rings. The van der Waals surface area contributed by atoms with Crippen LogP contribution in [-0.2, 0) is 4.74 Å². The van der Waals surface area contributed by atoms with Crippen molar-refractivity contribution in [1.29, 1.82) is 0 Å². The van der Waals surface area contributed by atoms with Gasteiger partial charge in [0.2, 0.25) is 0 Å². The number of ether oxygens (including phenoxy) is 1. The molecule has 0 aromatic carbocycles. The summed E-state index contributed by atoms with van der Waals surface area (Å²) in [5.41, 5.74) is 0. The van der Waals surface area contributed by atoms with Crippen LogP contribution in [0.1, 0.15) is 64.7 Å². The molecule has 0 spiro atoms. The van der Waals surface area contributed by atoms with Gasteiger partial charge in [0.25, 0.3) is 0 Å². The summed E-state index contributed by atoms with van der Waals surface area (Å²) in [7, 11) is 1.52. The predicted octanol–water partition coefficient (Wildman–Crippen LogP) is 7.34. The van der Waals surface area contributed by atoms with Crippen LogP contribution in [0, 0.1) is 0 Å². The minimum atomic E-state index is 0.426. The largest absolute Gasteiger partial charge is 0.512 e. The fourth-order valence-corrected chi connectivity index (χ4v) is 2.27. The summed E-state index contributed by atoms with van der Waals surface area (Å²) in [6.45, 7) is 2.26. The predicted molar refractivity (Wildman–Crippen MR) is 111 cm³/mol. The summed E-state index contributed by atoms with van der Waals surface area (Å²) < 4.78 is 4.89. The van der Waals surface area contributed by atoms with Gasteiger partial charge in [0.1, 0.15) is 6.26 Å². The maximum Gasteiger partial charge on any atom is 0.152 e. The smallest absolute Gasteiger partial charge is 0.152 e. The summed E-state index contributed by atoms with van der Waals surface area (Å²) in [5, 5.41) is 8.78. The van der Waals surface area contributed by atoms with E-state index in [0.717, 1.165) is 6.26 Å². The van der Waals surface area contributed by atoms with E-state index in [1.807, 2.05) is 36.5 Å². The normalized spacial score (nSPS) is 13.4. The lowest BCUT2D eigenvalue weighted by molar-refractivity contribution is 0.286. The van der Waals surface area contributed by atoms with Crippen LogP contribution in [0.25, 0.3) is 0 Å². The third-order valence-electron chi connectivity index (χ3n) is 3.76. The van der Waals surface area contributed by atoms with E-state index in [2.05, 4.69) is 25.2 Å². The minimum absolute atomic E-state index is 0.426. The molecule has 1 N–H and O–H groups in total. The number of hydrogen-bond acceptors (Lipinski definition) is 2. The summed E-state index contributed by atoms with van der Waals surface area (Å²) in [6, 6.07) is 0. The maximum atomic E-state index is 8.78. The van der Waals surface area contributed by atoms with Gasteiger partial charge in [-0.2, -0.15) is 0 Å². The van der Waals surface area contributed by atoms with E-state index in [1.54, 1.807) is 6.08 Å². The van der Waals surface area contributed by atoms with E-state index in [-0.39, 0.29) is 0 Å². The van der Waals surface area contributed by atoms with Gasteiger partial charge in [0, 0.05) is 0 Å². The lowest BCUT2D eigenvalue weighted by atomic mass is 10.1. The summed E-state index contributed by atoms with van der Waals surface area (Å²) in [4.78, 5) is 0. The van der Waals surface area contributed by atoms with Gasteiger partial charge < -0.3 is 9.84 Å². The Morgan fingerprint density at radius 1 is 0.720 bits per heavy atom.